The van der Waals surface area contributed by atoms with Crippen molar-refractivity contribution in [1.82, 2.24) is 0 Å². The van der Waals surface area contributed by atoms with E-state index in [4.69, 9.17) is 0 Å². The molecule has 0 amide bonds. The highest BCUT2D eigenvalue weighted by Gasteiger charge is 2.22. The molecule has 0 fully saturated rings. The van der Waals surface area contributed by atoms with Gasteiger partial charge in [0.05, 0.1) is 0 Å². The molecule has 0 heterocycles. The molecule has 0 aromatic rings. The maximum Gasteiger partial charge on any atom is 0.166 e. The van der Waals surface area contributed by atoms with Crippen molar-refractivity contribution in [3.8, 4) is 11.1 Å². The van der Waals surface area contributed by atoms with E-state index in [1.165, 1.54) is 22.3 Å². The van der Waals surface area contributed by atoms with Crippen LogP contribution in [0.1, 0.15) is 60.7 Å². The molecule has 0 N–H and O–H groups in total. The van der Waals surface area contributed by atoms with Crippen molar-refractivity contribution in [3.05, 3.63) is 46.5 Å². The first-order valence-corrected chi connectivity index (χ1v) is 7.41. The maximum atomic E-state index is 12.4. The van der Waals surface area contributed by atoms with Crippen LogP contribution in [0.5, 0.6) is 0 Å². The molecule has 1 nitrogen and oxygen atoms in total. The van der Waals surface area contributed by atoms with Crippen molar-refractivity contribution >= 4 is 5.78 Å². The van der Waals surface area contributed by atoms with E-state index in [-0.39, 0.29) is 11.7 Å². The molecule has 0 spiro atoms. The average Bonchev–Trinajstić information content (AvgIpc) is 2.58. The van der Waals surface area contributed by atoms with Crippen molar-refractivity contribution in [1.29, 1.82) is 0 Å². The van der Waals surface area contributed by atoms with Crippen LogP contribution in [0.4, 0.5) is 0 Å². The Bertz CT molecular complexity index is 620. The molecule has 0 unspecified atom stereocenters. The van der Waals surface area contributed by atoms with Crippen LogP contribution in [0.15, 0.2) is 24.3 Å². The second-order valence-electron chi connectivity index (χ2n) is 6.36. The predicted molar refractivity (Wildman–Crippen MR) is 85.8 cm³/mol. The van der Waals surface area contributed by atoms with Crippen LogP contribution in [0.25, 0.3) is 11.1 Å². The van der Waals surface area contributed by atoms with Crippen LogP contribution in [0, 0.1) is 19.8 Å². The summed E-state index contributed by atoms with van der Waals surface area (Å²) in [4.78, 5) is 12.4. The van der Waals surface area contributed by atoms with Gasteiger partial charge in [0.1, 0.15) is 0 Å². The summed E-state index contributed by atoms with van der Waals surface area (Å²) < 4.78 is 0. The Balaban J connectivity index is 2.73. The fourth-order valence-electron chi connectivity index (χ4n) is 2.70. The second-order valence-corrected chi connectivity index (χ2v) is 6.36. The molecule has 2 aliphatic rings. The van der Waals surface area contributed by atoms with Crippen molar-refractivity contribution < 1.29 is 4.79 Å². The van der Waals surface area contributed by atoms with E-state index >= 15 is 0 Å². The Hall–Kier alpha value is -1.63. The summed E-state index contributed by atoms with van der Waals surface area (Å²) in [5.74, 6) is 0.765. The molecule has 2 rings (SSSR count). The van der Waals surface area contributed by atoms with E-state index in [0.717, 1.165) is 11.1 Å². The number of fused-ring (bicyclic) bond motifs is 1. The van der Waals surface area contributed by atoms with Gasteiger partial charge in [0.2, 0.25) is 0 Å². The third-order valence-electron chi connectivity index (χ3n) is 4.01. The number of carbonyl (C=O) groups is 1. The monoisotopic (exact) mass is 268 g/mol. The fourth-order valence-corrected chi connectivity index (χ4v) is 2.70. The highest BCUT2D eigenvalue weighted by atomic mass is 16.1. The third kappa shape index (κ3) is 2.49. The smallest absolute Gasteiger partial charge is 0.166 e. The molecule has 0 saturated heterocycles. The minimum Gasteiger partial charge on any atom is -0.294 e. The molecule has 0 bridgehead atoms. The van der Waals surface area contributed by atoms with E-state index in [9.17, 15) is 4.79 Å². The van der Waals surface area contributed by atoms with Gasteiger partial charge in [-0.15, -0.1) is 0 Å². The van der Waals surface area contributed by atoms with E-state index < -0.39 is 0 Å². The van der Waals surface area contributed by atoms with Crippen LogP contribution in [0.2, 0.25) is 0 Å². The van der Waals surface area contributed by atoms with Gasteiger partial charge in [-0.05, 0) is 53.6 Å². The van der Waals surface area contributed by atoms with E-state index in [2.05, 4.69) is 52.0 Å². The van der Waals surface area contributed by atoms with Gasteiger partial charge < -0.3 is 0 Å². The number of Topliss-reactive ketones (excluding diaryl/α,β-unsaturated/α-hetero) is 1. The molecule has 1 heteroatoms. The lowest BCUT2D eigenvalue weighted by molar-refractivity contribution is 0.0940. The summed E-state index contributed by atoms with van der Waals surface area (Å²) in [7, 11) is 0. The highest BCUT2D eigenvalue weighted by Crippen LogP contribution is 2.37. The zero-order valence-electron chi connectivity index (χ0n) is 13.4. The number of hydrogen-bond acceptors (Lipinski definition) is 1. The van der Waals surface area contributed by atoms with E-state index in [1.54, 1.807) is 0 Å². The summed E-state index contributed by atoms with van der Waals surface area (Å²) in [6.07, 6.45) is 0. The van der Waals surface area contributed by atoms with Crippen LogP contribution in [-0.2, 0) is 0 Å². The summed E-state index contributed by atoms with van der Waals surface area (Å²) >= 11 is 0. The van der Waals surface area contributed by atoms with Gasteiger partial charge in [0.25, 0.3) is 0 Å². The number of rotatable bonds is 3. The van der Waals surface area contributed by atoms with Crippen LogP contribution in [-0.4, -0.2) is 5.78 Å². The fraction of sp³-hybridized carbons (Fsp3) is 0.421. The predicted octanol–water partition coefficient (Wildman–Crippen LogP) is 5.37. The molecule has 0 aliphatic heterocycles. The molecule has 0 saturated carbocycles. The van der Waals surface area contributed by atoms with Gasteiger partial charge in [-0.3, -0.25) is 4.79 Å². The Morgan fingerprint density at radius 2 is 1.60 bits per heavy atom. The normalized spacial score (nSPS) is 11.6. The molecule has 0 aromatic heterocycles. The minimum absolute atomic E-state index is 0.0366. The Morgan fingerprint density at radius 3 is 2.15 bits per heavy atom. The van der Waals surface area contributed by atoms with Crippen molar-refractivity contribution in [2.45, 2.75) is 47.5 Å². The second kappa shape index (κ2) is 5.40. The van der Waals surface area contributed by atoms with Crippen molar-refractivity contribution in [2.24, 2.45) is 5.92 Å². The van der Waals surface area contributed by atoms with Crippen molar-refractivity contribution in [3.63, 3.8) is 0 Å². The molecule has 0 atom stereocenters. The quantitative estimate of drug-likeness (QED) is 0.684. The van der Waals surface area contributed by atoms with Gasteiger partial charge in [-0.1, -0.05) is 45.9 Å². The lowest BCUT2D eigenvalue weighted by atomic mass is 9.96. The van der Waals surface area contributed by atoms with Crippen molar-refractivity contribution in [2.75, 3.05) is 0 Å². The third-order valence-corrected chi connectivity index (χ3v) is 4.01. The standard InChI is InChI=1S/C19H24O/c1-11(2)15-8-7-13(5)18-16(10-15)14(6)9-17(18)19(20)12(3)4/h7-12H,1-6H3. The molecule has 2 aliphatic carbocycles. The summed E-state index contributed by atoms with van der Waals surface area (Å²) in [5, 5.41) is 0. The van der Waals surface area contributed by atoms with Gasteiger partial charge in [0, 0.05) is 11.5 Å². The number of ketones is 1. The topological polar surface area (TPSA) is 17.1 Å². The van der Waals surface area contributed by atoms with E-state index in [1.807, 2.05) is 13.8 Å². The number of hydrogen-bond donors (Lipinski definition) is 0. The largest absolute Gasteiger partial charge is 0.294 e. The molecule has 0 aromatic carbocycles. The van der Waals surface area contributed by atoms with E-state index in [0.29, 0.717) is 5.92 Å². The summed E-state index contributed by atoms with van der Waals surface area (Å²) in [5.41, 5.74) is 6.94. The van der Waals surface area contributed by atoms with Crippen LogP contribution in [0.3, 0.4) is 0 Å². The minimum atomic E-state index is 0.0366. The zero-order chi connectivity index (χ0) is 15.0. The summed E-state index contributed by atoms with van der Waals surface area (Å²) in [6.45, 7) is 12.5. The van der Waals surface area contributed by atoms with Gasteiger partial charge >= 0.3 is 0 Å². The van der Waals surface area contributed by atoms with Gasteiger partial charge in [0.15, 0.2) is 5.78 Å². The molecular weight excluding hydrogens is 244 g/mol. The first-order valence-electron chi connectivity index (χ1n) is 7.41. The Morgan fingerprint density at radius 1 is 0.950 bits per heavy atom. The van der Waals surface area contributed by atoms with Crippen LogP contribution < -0.4 is 0 Å². The zero-order valence-corrected chi connectivity index (χ0v) is 13.4. The molecule has 106 valence electrons. The number of carbonyl (C=O) groups excluding carboxylic acids is 1. The lowest BCUT2D eigenvalue weighted by Crippen LogP contribution is -2.07. The molecule has 20 heavy (non-hydrogen) atoms. The van der Waals surface area contributed by atoms with Gasteiger partial charge in [-0.25, -0.2) is 0 Å². The lowest BCUT2D eigenvalue weighted by Gasteiger charge is -2.07. The maximum absolute atomic E-state index is 12.4. The Kier molecular flexibility index (Phi) is 3.99. The SMILES string of the molecule is Cc1cc(C(=O)C(C)C)c2c(C)ccc(C(C)C)cc1-2. The molecule has 0 radical (unpaired) electrons. The first-order chi connectivity index (χ1) is 9.32. The average molecular weight is 268 g/mol. The highest BCUT2D eigenvalue weighted by molar-refractivity contribution is 6.06. The Labute approximate surface area is 122 Å². The number of aryl methyl sites for hydroxylation is 2. The summed E-state index contributed by atoms with van der Waals surface area (Å²) in [6, 6.07) is 8.64. The van der Waals surface area contributed by atoms with Gasteiger partial charge in [-0.2, -0.15) is 0 Å². The first kappa shape index (κ1) is 14.8. The van der Waals surface area contributed by atoms with Crippen LogP contribution >= 0.6 is 0 Å². The molecular formula is C19H24O.